The second kappa shape index (κ2) is 16.6. The van der Waals surface area contributed by atoms with Crippen LogP contribution in [0.2, 0.25) is 0 Å². The van der Waals surface area contributed by atoms with Crippen LogP contribution >= 0.6 is 0 Å². The number of nitrogen functional groups attached to an aromatic ring is 1. The smallest absolute Gasteiger partial charge is 0.296 e. The molecule has 0 amide bonds. The molecule has 0 saturated carbocycles. The highest BCUT2D eigenvalue weighted by atomic mass is 32.2. The Morgan fingerprint density at radius 1 is 0.596 bits per heavy atom. The standard InChI is InChI=1S/C36H35N11O8S2/c1-3-46(48)35-42-31(40-33(44-35)38-25-11-7-5-8-12-25)23-17-15-22(16-18-23)29(56(50,51)52)30(57(53,54)55)27-20-19-24(21-28(27)37)32-41-34(39-26-13-9-6-10-14-26)45-36(43-32)47(49)4-2/h5-21,48-49H,3-4,37H2,1-2H3,(H,50,51,52)(H,53,54,55)(H,38,40,42,44)(H,39,41,43,45). The summed E-state index contributed by atoms with van der Waals surface area (Å²) in [6.45, 7) is 3.56. The van der Waals surface area contributed by atoms with Crippen molar-refractivity contribution in [2.45, 2.75) is 13.8 Å². The Morgan fingerprint density at radius 3 is 1.46 bits per heavy atom. The molecule has 0 aliphatic carbocycles. The first-order valence-electron chi connectivity index (χ1n) is 16.9. The van der Waals surface area contributed by atoms with Crippen molar-refractivity contribution in [3.8, 4) is 22.8 Å². The number of aromatic nitrogens is 6. The minimum Gasteiger partial charge on any atom is -0.398 e. The summed E-state index contributed by atoms with van der Waals surface area (Å²) in [5, 5.41) is 28.4. The predicted octanol–water partition coefficient (Wildman–Crippen LogP) is 5.49. The summed E-state index contributed by atoms with van der Waals surface area (Å²) in [4.78, 5) is 23.5. The SMILES string of the molecule is CCN(O)c1nc(Nc2ccccc2)nc(-c2ccc(C(=C(c3ccc(-c4nc(Nc5ccccc5)nc(N(O)CC)n4)cc3N)S(=O)(=O)O)S(=O)(=O)O)cc2)n1. The molecule has 6 aromatic rings. The lowest BCUT2D eigenvalue weighted by Crippen LogP contribution is -2.21. The number of rotatable bonds is 14. The van der Waals surface area contributed by atoms with Crippen LogP contribution in [0.25, 0.3) is 32.6 Å². The third kappa shape index (κ3) is 9.44. The molecule has 4 aromatic carbocycles. The molecule has 0 saturated heterocycles. The van der Waals surface area contributed by atoms with Crippen molar-refractivity contribution in [1.82, 2.24) is 29.9 Å². The highest BCUT2D eigenvalue weighted by molar-refractivity contribution is 8.01. The minimum absolute atomic E-state index is 0.0148. The number of para-hydroxylation sites is 2. The van der Waals surface area contributed by atoms with Crippen LogP contribution in [-0.4, -0.2) is 79.3 Å². The van der Waals surface area contributed by atoms with Gasteiger partial charge in [-0.3, -0.25) is 19.5 Å². The van der Waals surface area contributed by atoms with Crippen LogP contribution in [0.15, 0.2) is 103 Å². The lowest BCUT2D eigenvalue weighted by atomic mass is 10.1. The molecule has 6 rings (SSSR count). The van der Waals surface area contributed by atoms with Gasteiger partial charge >= 0.3 is 0 Å². The fourth-order valence-electron chi connectivity index (χ4n) is 5.37. The lowest BCUT2D eigenvalue weighted by Gasteiger charge is -2.17. The van der Waals surface area contributed by atoms with Crippen molar-refractivity contribution in [2.75, 3.05) is 39.6 Å². The summed E-state index contributed by atoms with van der Waals surface area (Å²) < 4.78 is 72.9. The molecule has 8 N–H and O–H groups in total. The first-order valence-corrected chi connectivity index (χ1v) is 19.8. The number of hydroxylamine groups is 2. The third-order valence-corrected chi connectivity index (χ3v) is 10.1. The van der Waals surface area contributed by atoms with Gasteiger partial charge in [-0.1, -0.05) is 72.8 Å². The first-order chi connectivity index (χ1) is 27.1. The molecular formula is C36H35N11O8S2. The normalized spacial score (nSPS) is 12.1. The molecule has 0 fully saturated rings. The molecule has 0 atom stereocenters. The molecule has 0 spiro atoms. The number of nitrogens with one attached hydrogen (secondary N) is 2. The molecule has 0 radical (unpaired) electrons. The average molecular weight is 814 g/mol. The van der Waals surface area contributed by atoms with Crippen LogP contribution in [-0.2, 0) is 20.2 Å². The van der Waals surface area contributed by atoms with Crippen molar-refractivity contribution in [2.24, 2.45) is 0 Å². The fraction of sp³-hybridized carbons (Fsp3) is 0.111. The zero-order valence-corrected chi connectivity index (χ0v) is 31.8. The van der Waals surface area contributed by atoms with E-state index in [0.29, 0.717) is 11.4 Å². The third-order valence-electron chi connectivity index (χ3n) is 8.05. The molecular weight excluding hydrogens is 779 g/mol. The Bertz CT molecular complexity index is 2660. The van der Waals surface area contributed by atoms with Gasteiger partial charge < -0.3 is 16.4 Å². The predicted molar refractivity (Wildman–Crippen MR) is 214 cm³/mol. The maximum Gasteiger partial charge on any atom is 0.296 e. The van der Waals surface area contributed by atoms with Gasteiger partial charge in [-0.2, -0.15) is 46.7 Å². The van der Waals surface area contributed by atoms with Crippen LogP contribution in [0.1, 0.15) is 25.0 Å². The second-order valence-electron chi connectivity index (χ2n) is 12.0. The van der Waals surface area contributed by atoms with E-state index in [-0.39, 0.29) is 70.9 Å². The first kappa shape index (κ1) is 40.1. The monoisotopic (exact) mass is 813 g/mol. The van der Waals surface area contributed by atoms with Crippen molar-refractivity contribution >= 4 is 70.9 Å². The molecule has 0 unspecified atom stereocenters. The summed E-state index contributed by atoms with van der Waals surface area (Å²) in [6, 6.07) is 26.5. The zero-order chi connectivity index (χ0) is 40.9. The Morgan fingerprint density at radius 2 is 1.04 bits per heavy atom. The van der Waals surface area contributed by atoms with Crippen LogP contribution in [0.3, 0.4) is 0 Å². The largest absolute Gasteiger partial charge is 0.398 e. The Labute approximate surface area is 326 Å². The van der Waals surface area contributed by atoms with Crippen LogP contribution in [0, 0.1) is 0 Å². The van der Waals surface area contributed by atoms with E-state index in [4.69, 9.17) is 5.73 Å². The summed E-state index contributed by atoms with van der Waals surface area (Å²) in [7, 11) is -10.8. The Balaban J connectivity index is 1.43. The molecule has 2 aromatic heterocycles. The van der Waals surface area contributed by atoms with Gasteiger partial charge in [0.2, 0.25) is 11.9 Å². The number of nitrogens with two attached hydrogens (primary N) is 1. The Hall–Kier alpha value is -6.62. The molecule has 57 heavy (non-hydrogen) atoms. The van der Waals surface area contributed by atoms with Crippen LogP contribution in [0.5, 0.6) is 0 Å². The van der Waals surface area contributed by atoms with E-state index in [1.807, 2.05) is 12.1 Å². The van der Waals surface area contributed by atoms with E-state index < -0.39 is 35.6 Å². The number of hydrogen-bond donors (Lipinski definition) is 7. The molecule has 19 nitrogen and oxygen atoms in total. The van der Waals surface area contributed by atoms with Gasteiger partial charge in [0.25, 0.3) is 32.1 Å². The van der Waals surface area contributed by atoms with Crippen molar-refractivity contribution in [3.05, 3.63) is 114 Å². The van der Waals surface area contributed by atoms with Crippen LogP contribution < -0.4 is 26.5 Å². The number of anilines is 7. The molecule has 21 heteroatoms. The molecule has 0 bridgehead atoms. The van der Waals surface area contributed by atoms with Gasteiger partial charge in [-0.05, 0) is 49.7 Å². The summed E-state index contributed by atoms with van der Waals surface area (Å²) in [5.41, 5.74) is 6.88. The minimum atomic E-state index is -5.43. The average Bonchev–Trinajstić information content (AvgIpc) is 3.19. The number of hydrogen-bond acceptors (Lipinski definition) is 17. The highest BCUT2D eigenvalue weighted by Gasteiger charge is 2.32. The summed E-state index contributed by atoms with van der Waals surface area (Å²) in [5.74, 6) is -0.0961. The van der Waals surface area contributed by atoms with Gasteiger partial charge in [-0.25, -0.2) is 10.1 Å². The van der Waals surface area contributed by atoms with Gasteiger partial charge in [0, 0.05) is 46.8 Å². The molecule has 2 heterocycles. The van der Waals surface area contributed by atoms with E-state index in [1.165, 1.54) is 36.4 Å². The van der Waals surface area contributed by atoms with E-state index in [2.05, 4.69) is 40.5 Å². The number of benzene rings is 4. The maximum atomic E-state index is 13.0. The van der Waals surface area contributed by atoms with Gasteiger partial charge in [-0.15, -0.1) is 0 Å². The van der Waals surface area contributed by atoms with E-state index in [9.17, 15) is 36.4 Å². The van der Waals surface area contributed by atoms with E-state index in [1.54, 1.807) is 62.4 Å². The topological polar surface area (TPSA) is 283 Å². The van der Waals surface area contributed by atoms with Gasteiger partial charge in [0.15, 0.2) is 11.6 Å². The Kier molecular flexibility index (Phi) is 11.7. The highest BCUT2D eigenvalue weighted by Crippen LogP contribution is 2.38. The van der Waals surface area contributed by atoms with Crippen molar-refractivity contribution in [1.29, 1.82) is 0 Å². The van der Waals surface area contributed by atoms with E-state index >= 15 is 0 Å². The summed E-state index contributed by atoms with van der Waals surface area (Å²) in [6.07, 6.45) is 0. The van der Waals surface area contributed by atoms with Gasteiger partial charge in [0.1, 0.15) is 9.81 Å². The molecule has 0 aliphatic rings. The zero-order valence-electron chi connectivity index (χ0n) is 30.1. The fourth-order valence-corrected chi connectivity index (χ4v) is 7.60. The quantitative estimate of drug-likeness (QED) is 0.0309. The lowest BCUT2D eigenvalue weighted by molar-refractivity contribution is 0.253. The van der Waals surface area contributed by atoms with Crippen LogP contribution in [0.4, 0.5) is 40.9 Å². The summed E-state index contributed by atoms with van der Waals surface area (Å²) >= 11 is 0. The van der Waals surface area contributed by atoms with Gasteiger partial charge in [0.05, 0.1) is 0 Å². The molecule has 0 aliphatic heterocycles. The molecule has 294 valence electrons. The van der Waals surface area contributed by atoms with Crippen molar-refractivity contribution < 1.29 is 36.4 Å². The van der Waals surface area contributed by atoms with E-state index in [0.717, 1.165) is 16.2 Å². The van der Waals surface area contributed by atoms with Crippen molar-refractivity contribution in [3.63, 3.8) is 0 Å². The number of nitrogens with zero attached hydrogens (tertiary/aromatic N) is 8. The second-order valence-corrected chi connectivity index (χ2v) is 14.7. The maximum absolute atomic E-state index is 13.0.